The second-order valence-corrected chi connectivity index (χ2v) is 5.14. The Morgan fingerprint density at radius 1 is 1.21 bits per heavy atom. The molecule has 1 aliphatic rings. The molecule has 0 aromatic heterocycles. The molecule has 1 fully saturated rings. The number of ether oxygens (including phenoxy) is 2. The molecule has 1 saturated carbocycles. The summed E-state index contributed by atoms with van der Waals surface area (Å²) in [5.41, 5.74) is 6.31. The molecule has 1 aromatic rings. The van der Waals surface area contributed by atoms with Crippen molar-refractivity contribution in [3.63, 3.8) is 0 Å². The Bertz CT molecular complexity index is 423. The summed E-state index contributed by atoms with van der Waals surface area (Å²) in [6, 6.07) is 5.86. The molecule has 3 nitrogen and oxygen atoms in total. The topological polar surface area (TPSA) is 44.5 Å². The van der Waals surface area contributed by atoms with Crippen LogP contribution in [0.25, 0.3) is 0 Å². The van der Waals surface area contributed by atoms with E-state index >= 15 is 0 Å². The van der Waals surface area contributed by atoms with Crippen LogP contribution in [0.4, 0.5) is 0 Å². The van der Waals surface area contributed by atoms with E-state index in [1.807, 2.05) is 25.1 Å². The highest BCUT2D eigenvalue weighted by Gasteiger charge is 2.15. The molecule has 0 unspecified atom stereocenters. The normalized spacial score (nSPS) is 16.7. The Kier molecular flexibility index (Phi) is 5.13. The van der Waals surface area contributed by atoms with Crippen LogP contribution in [0, 0.1) is 12.8 Å². The molecule has 0 aliphatic heterocycles. The predicted octanol–water partition coefficient (Wildman–Crippen LogP) is 3.76. The van der Waals surface area contributed by atoms with Crippen molar-refractivity contribution in [1.29, 1.82) is 0 Å². The minimum atomic E-state index is 0.710. The summed E-state index contributed by atoms with van der Waals surface area (Å²) >= 11 is 0. The first kappa shape index (κ1) is 13.8. The zero-order valence-corrected chi connectivity index (χ0v) is 11.6. The minimum Gasteiger partial charge on any atom is -0.493 e. The van der Waals surface area contributed by atoms with Crippen LogP contribution in [0.5, 0.6) is 11.5 Å². The van der Waals surface area contributed by atoms with Crippen LogP contribution in [0.15, 0.2) is 30.7 Å². The van der Waals surface area contributed by atoms with Crippen molar-refractivity contribution in [3.05, 3.63) is 36.2 Å². The van der Waals surface area contributed by atoms with Crippen molar-refractivity contribution in [2.24, 2.45) is 11.7 Å². The summed E-state index contributed by atoms with van der Waals surface area (Å²) in [4.78, 5) is 0. The van der Waals surface area contributed by atoms with Crippen molar-refractivity contribution < 1.29 is 9.47 Å². The molecule has 0 atom stereocenters. The number of hydrogen-bond donors (Lipinski definition) is 1. The van der Waals surface area contributed by atoms with Gasteiger partial charge in [-0.2, -0.15) is 0 Å². The quantitative estimate of drug-likeness (QED) is 0.821. The van der Waals surface area contributed by atoms with E-state index in [-0.39, 0.29) is 0 Å². The maximum Gasteiger partial charge on any atom is 0.133 e. The number of nitrogens with two attached hydrogens (primary N) is 1. The molecule has 19 heavy (non-hydrogen) atoms. The first-order valence-electron chi connectivity index (χ1n) is 7.07. The Labute approximate surface area is 115 Å². The van der Waals surface area contributed by atoms with Gasteiger partial charge in [-0.05, 0) is 37.8 Å². The maximum absolute atomic E-state index is 5.96. The van der Waals surface area contributed by atoms with Crippen LogP contribution in [-0.4, -0.2) is 6.61 Å². The highest BCUT2D eigenvalue weighted by molar-refractivity contribution is 5.43. The van der Waals surface area contributed by atoms with E-state index in [1.165, 1.54) is 44.6 Å². The van der Waals surface area contributed by atoms with Gasteiger partial charge in [-0.25, -0.2) is 0 Å². The third-order valence-corrected chi connectivity index (χ3v) is 3.71. The number of benzene rings is 1. The molecule has 2 rings (SSSR count). The maximum atomic E-state index is 5.96. The summed E-state index contributed by atoms with van der Waals surface area (Å²) in [6.45, 7) is 2.83. The molecular weight excluding hydrogens is 238 g/mol. The van der Waals surface area contributed by atoms with E-state index in [4.69, 9.17) is 15.2 Å². The average molecular weight is 261 g/mol. The summed E-state index contributed by atoms with van der Waals surface area (Å²) < 4.78 is 11.4. The van der Waals surface area contributed by atoms with Crippen molar-refractivity contribution in [2.75, 3.05) is 6.61 Å². The zero-order chi connectivity index (χ0) is 13.5. The van der Waals surface area contributed by atoms with Crippen LogP contribution in [0.1, 0.15) is 37.7 Å². The molecule has 3 heteroatoms. The van der Waals surface area contributed by atoms with Gasteiger partial charge in [0.1, 0.15) is 17.8 Å². The molecule has 2 N–H and O–H groups in total. The van der Waals surface area contributed by atoms with Gasteiger partial charge in [0.25, 0.3) is 0 Å². The molecule has 1 aliphatic carbocycles. The molecule has 0 saturated heterocycles. The summed E-state index contributed by atoms with van der Waals surface area (Å²) in [7, 11) is 0. The largest absolute Gasteiger partial charge is 0.493 e. The third kappa shape index (κ3) is 3.91. The van der Waals surface area contributed by atoms with Gasteiger partial charge in [0.2, 0.25) is 0 Å². The minimum absolute atomic E-state index is 0.710. The van der Waals surface area contributed by atoms with E-state index < -0.39 is 0 Å². The molecule has 0 amide bonds. The highest BCUT2D eigenvalue weighted by Crippen LogP contribution is 2.29. The number of rotatable bonds is 5. The van der Waals surface area contributed by atoms with Crippen LogP contribution >= 0.6 is 0 Å². The van der Waals surface area contributed by atoms with Gasteiger partial charge in [-0.1, -0.05) is 25.3 Å². The number of hydrogen-bond acceptors (Lipinski definition) is 3. The zero-order valence-electron chi connectivity index (χ0n) is 11.6. The van der Waals surface area contributed by atoms with E-state index in [0.29, 0.717) is 5.92 Å². The lowest BCUT2D eigenvalue weighted by Gasteiger charge is -2.22. The van der Waals surface area contributed by atoms with Gasteiger partial charge in [0.15, 0.2) is 0 Å². The molecule has 104 valence electrons. The van der Waals surface area contributed by atoms with Crippen molar-refractivity contribution in [1.82, 2.24) is 0 Å². The lowest BCUT2D eigenvalue weighted by molar-refractivity contribution is 0.207. The Morgan fingerprint density at radius 2 is 1.95 bits per heavy atom. The Morgan fingerprint density at radius 3 is 2.68 bits per heavy atom. The van der Waals surface area contributed by atoms with Crippen molar-refractivity contribution in [2.45, 2.75) is 39.0 Å². The predicted molar refractivity (Wildman–Crippen MR) is 77.2 cm³/mol. The third-order valence-electron chi connectivity index (χ3n) is 3.71. The van der Waals surface area contributed by atoms with Gasteiger partial charge in [0.05, 0.1) is 6.61 Å². The fourth-order valence-corrected chi connectivity index (χ4v) is 2.55. The van der Waals surface area contributed by atoms with Crippen LogP contribution in [0.3, 0.4) is 0 Å². The van der Waals surface area contributed by atoms with Crippen LogP contribution < -0.4 is 15.2 Å². The first-order chi connectivity index (χ1) is 9.31. The van der Waals surface area contributed by atoms with Gasteiger partial charge >= 0.3 is 0 Å². The van der Waals surface area contributed by atoms with E-state index in [0.717, 1.165) is 23.7 Å². The Hall–Kier alpha value is -1.64. The molecule has 0 heterocycles. The van der Waals surface area contributed by atoms with Gasteiger partial charge in [0, 0.05) is 11.8 Å². The highest BCUT2D eigenvalue weighted by atomic mass is 16.5. The lowest BCUT2D eigenvalue weighted by Crippen LogP contribution is -2.15. The summed E-state index contributed by atoms with van der Waals surface area (Å²) in [6.07, 6.45) is 9.53. The van der Waals surface area contributed by atoms with Gasteiger partial charge < -0.3 is 15.2 Å². The van der Waals surface area contributed by atoms with E-state index in [1.54, 1.807) is 0 Å². The van der Waals surface area contributed by atoms with Gasteiger partial charge in [-0.15, -0.1) is 0 Å². The Balaban J connectivity index is 1.95. The molecule has 0 spiro atoms. The summed E-state index contributed by atoms with van der Waals surface area (Å²) in [5.74, 6) is 2.41. The smallest absolute Gasteiger partial charge is 0.133 e. The molecule has 0 radical (unpaired) electrons. The SMILES string of the molecule is Cc1c(O/C=C/N)cccc1OCC1CCCCC1. The second-order valence-electron chi connectivity index (χ2n) is 5.14. The first-order valence-corrected chi connectivity index (χ1v) is 7.07. The van der Waals surface area contributed by atoms with Crippen molar-refractivity contribution >= 4 is 0 Å². The van der Waals surface area contributed by atoms with Crippen LogP contribution in [-0.2, 0) is 0 Å². The standard InChI is InChI=1S/C16H23NO2/c1-13-15(18-11-10-17)8-5-9-16(13)19-12-14-6-3-2-4-7-14/h5,8-11,14H,2-4,6-7,12,17H2,1H3/b11-10+. The monoisotopic (exact) mass is 261 g/mol. The van der Waals surface area contributed by atoms with E-state index in [9.17, 15) is 0 Å². The molecular formula is C16H23NO2. The average Bonchev–Trinajstić information content (AvgIpc) is 2.46. The fraction of sp³-hybridized carbons (Fsp3) is 0.500. The molecule has 1 aromatic carbocycles. The molecule has 0 bridgehead atoms. The van der Waals surface area contributed by atoms with Crippen LogP contribution in [0.2, 0.25) is 0 Å². The van der Waals surface area contributed by atoms with Gasteiger partial charge in [-0.3, -0.25) is 0 Å². The van der Waals surface area contributed by atoms with E-state index in [2.05, 4.69) is 0 Å². The second kappa shape index (κ2) is 7.07. The lowest BCUT2D eigenvalue weighted by atomic mass is 9.90. The fourth-order valence-electron chi connectivity index (χ4n) is 2.55. The van der Waals surface area contributed by atoms with Crippen molar-refractivity contribution in [3.8, 4) is 11.5 Å². The summed E-state index contributed by atoms with van der Waals surface area (Å²) in [5, 5.41) is 0.